The molecule has 1 aliphatic rings. The molecule has 0 N–H and O–H groups in total. The Morgan fingerprint density at radius 1 is 1.30 bits per heavy atom. The molecule has 0 spiro atoms. The van der Waals surface area contributed by atoms with Crippen molar-refractivity contribution < 1.29 is 9.53 Å². The van der Waals surface area contributed by atoms with Gasteiger partial charge in [-0.15, -0.1) is 0 Å². The quantitative estimate of drug-likeness (QED) is 0.405. The Morgan fingerprint density at radius 3 is 2.61 bits per heavy atom. The van der Waals surface area contributed by atoms with E-state index in [1.165, 1.54) is 11.8 Å². The first kappa shape index (κ1) is 18.0. The second kappa shape index (κ2) is 8.50. The maximum Gasteiger partial charge on any atom is 0.266 e. The highest BCUT2D eigenvalue weighted by Crippen LogP contribution is 2.33. The number of rotatable bonds is 7. The monoisotopic (exact) mass is 349 g/mol. The van der Waals surface area contributed by atoms with Gasteiger partial charge in [-0.3, -0.25) is 9.69 Å². The number of nitrogens with zero attached hydrogens (tertiary/aromatic N) is 1. The van der Waals surface area contributed by atoms with Crippen molar-refractivity contribution in [2.24, 2.45) is 5.92 Å². The summed E-state index contributed by atoms with van der Waals surface area (Å²) in [6.07, 6.45) is 4.08. The van der Waals surface area contributed by atoms with E-state index in [1.807, 2.05) is 30.3 Å². The summed E-state index contributed by atoms with van der Waals surface area (Å²) >= 11 is 6.69. The van der Waals surface area contributed by atoms with Gasteiger partial charge in [-0.05, 0) is 36.1 Å². The average Bonchev–Trinajstić information content (AvgIpc) is 2.76. The minimum atomic E-state index is 0.0111. The molecule has 0 saturated carbocycles. The molecule has 0 radical (unpaired) electrons. The second-order valence-corrected chi connectivity index (χ2v) is 7.63. The topological polar surface area (TPSA) is 29.5 Å². The van der Waals surface area contributed by atoms with Crippen LogP contribution in [0, 0.1) is 5.92 Å². The van der Waals surface area contributed by atoms with Crippen molar-refractivity contribution in [3.8, 4) is 5.75 Å². The number of hydrogen-bond donors (Lipinski definition) is 0. The number of thioether (sulfide) groups is 1. The molecule has 1 aliphatic heterocycles. The summed E-state index contributed by atoms with van der Waals surface area (Å²) in [5.74, 6) is 1.27. The van der Waals surface area contributed by atoms with Gasteiger partial charge in [0.1, 0.15) is 10.1 Å². The number of ether oxygens (including phenoxy) is 1. The average molecular weight is 350 g/mol. The summed E-state index contributed by atoms with van der Waals surface area (Å²) in [5, 5.41) is 0. The van der Waals surface area contributed by atoms with Crippen molar-refractivity contribution in [2.45, 2.75) is 33.6 Å². The lowest BCUT2D eigenvalue weighted by Gasteiger charge is -2.16. The Morgan fingerprint density at radius 2 is 2.00 bits per heavy atom. The van der Waals surface area contributed by atoms with Crippen LogP contribution in [0.15, 0.2) is 29.2 Å². The Bertz CT molecular complexity index is 594. The van der Waals surface area contributed by atoms with E-state index in [1.54, 1.807) is 4.90 Å². The van der Waals surface area contributed by atoms with Crippen LogP contribution in [0.5, 0.6) is 5.75 Å². The number of unbranched alkanes of at least 4 members (excludes halogenated alkanes) is 1. The third-order valence-electron chi connectivity index (χ3n) is 3.37. The van der Waals surface area contributed by atoms with E-state index in [0.29, 0.717) is 21.7 Å². The van der Waals surface area contributed by atoms with E-state index >= 15 is 0 Å². The first-order valence-electron chi connectivity index (χ1n) is 7.99. The summed E-state index contributed by atoms with van der Waals surface area (Å²) in [7, 11) is 0. The van der Waals surface area contributed by atoms with Crippen LogP contribution < -0.4 is 4.74 Å². The van der Waals surface area contributed by atoms with Gasteiger partial charge < -0.3 is 4.74 Å². The van der Waals surface area contributed by atoms with E-state index in [-0.39, 0.29) is 5.91 Å². The lowest BCUT2D eigenvalue weighted by atomic mass is 10.2. The minimum absolute atomic E-state index is 0.0111. The molecule has 1 aromatic carbocycles. The van der Waals surface area contributed by atoms with Gasteiger partial charge in [0.25, 0.3) is 5.91 Å². The highest BCUT2D eigenvalue weighted by molar-refractivity contribution is 8.26. The normalized spacial score (nSPS) is 16.7. The first-order valence-corrected chi connectivity index (χ1v) is 9.22. The molecule has 1 fully saturated rings. The fourth-order valence-electron chi connectivity index (χ4n) is 2.17. The van der Waals surface area contributed by atoms with Gasteiger partial charge >= 0.3 is 0 Å². The number of benzene rings is 1. The maximum atomic E-state index is 12.4. The molecule has 5 heteroatoms. The predicted octanol–water partition coefficient (Wildman–Crippen LogP) is 4.72. The molecule has 0 bridgehead atoms. The zero-order valence-electron chi connectivity index (χ0n) is 13.9. The van der Waals surface area contributed by atoms with Crippen molar-refractivity contribution in [3.05, 3.63) is 34.7 Å². The molecule has 124 valence electrons. The Labute approximate surface area is 148 Å². The molecular formula is C18H23NO2S2. The molecule has 23 heavy (non-hydrogen) atoms. The minimum Gasteiger partial charge on any atom is -0.494 e. The number of carbonyl (C=O) groups excluding carboxylic acids is 1. The van der Waals surface area contributed by atoms with Gasteiger partial charge in [0.15, 0.2) is 0 Å². The predicted molar refractivity (Wildman–Crippen MR) is 102 cm³/mol. The molecule has 3 nitrogen and oxygen atoms in total. The van der Waals surface area contributed by atoms with Crippen LogP contribution >= 0.6 is 24.0 Å². The molecular weight excluding hydrogens is 326 g/mol. The van der Waals surface area contributed by atoms with Crippen LogP contribution in [0.4, 0.5) is 0 Å². The highest BCUT2D eigenvalue weighted by atomic mass is 32.2. The zero-order valence-corrected chi connectivity index (χ0v) is 15.5. The van der Waals surface area contributed by atoms with E-state index in [4.69, 9.17) is 17.0 Å². The summed E-state index contributed by atoms with van der Waals surface area (Å²) in [6.45, 7) is 7.72. The van der Waals surface area contributed by atoms with Gasteiger partial charge in [-0.25, -0.2) is 0 Å². The summed E-state index contributed by atoms with van der Waals surface area (Å²) in [5.41, 5.74) is 0.984. The first-order chi connectivity index (χ1) is 11.0. The van der Waals surface area contributed by atoms with Crippen LogP contribution in [0.25, 0.3) is 6.08 Å². The van der Waals surface area contributed by atoms with Gasteiger partial charge in [0.2, 0.25) is 0 Å². The Balaban J connectivity index is 2.04. The molecule has 1 saturated heterocycles. The van der Waals surface area contributed by atoms with E-state index in [9.17, 15) is 4.79 Å². The van der Waals surface area contributed by atoms with Crippen molar-refractivity contribution in [3.63, 3.8) is 0 Å². The van der Waals surface area contributed by atoms with Crippen LogP contribution in [0.1, 0.15) is 39.2 Å². The van der Waals surface area contributed by atoms with Gasteiger partial charge in [0.05, 0.1) is 11.5 Å². The molecule has 1 amide bonds. The summed E-state index contributed by atoms with van der Waals surface area (Å²) in [6, 6.07) is 7.82. The van der Waals surface area contributed by atoms with Crippen molar-refractivity contribution in [2.75, 3.05) is 13.2 Å². The molecule has 0 aliphatic carbocycles. The number of carbonyl (C=O) groups is 1. The molecule has 0 atom stereocenters. The van der Waals surface area contributed by atoms with Crippen LogP contribution in [-0.2, 0) is 4.79 Å². The second-order valence-electron chi connectivity index (χ2n) is 5.96. The largest absolute Gasteiger partial charge is 0.494 e. The van der Waals surface area contributed by atoms with E-state index in [0.717, 1.165) is 30.8 Å². The standard InChI is InChI=1S/C18H23NO2S2/c1-4-5-10-21-15-8-6-14(7-9-15)11-16-17(20)19(12-13(2)3)18(22)23-16/h6-9,11,13H,4-5,10,12H2,1-3H3/b16-11-. The molecule has 2 rings (SSSR count). The van der Waals surface area contributed by atoms with Gasteiger partial charge in [-0.1, -0.05) is 63.3 Å². The lowest BCUT2D eigenvalue weighted by Crippen LogP contribution is -2.31. The highest BCUT2D eigenvalue weighted by Gasteiger charge is 2.32. The van der Waals surface area contributed by atoms with Crippen LogP contribution in [-0.4, -0.2) is 28.3 Å². The van der Waals surface area contributed by atoms with Gasteiger partial charge in [0, 0.05) is 6.54 Å². The number of thiocarbonyl (C=S) groups is 1. The fraction of sp³-hybridized carbons (Fsp3) is 0.444. The van der Waals surface area contributed by atoms with Crippen LogP contribution in [0.2, 0.25) is 0 Å². The zero-order chi connectivity index (χ0) is 16.8. The van der Waals surface area contributed by atoms with E-state index in [2.05, 4.69) is 20.8 Å². The molecule has 1 aromatic rings. The smallest absolute Gasteiger partial charge is 0.266 e. The third-order valence-corrected chi connectivity index (χ3v) is 4.74. The van der Waals surface area contributed by atoms with Crippen LogP contribution in [0.3, 0.4) is 0 Å². The Kier molecular flexibility index (Phi) is 6.66. The lowest BCUT2D eigenvalue weighted by molar-refractivity contribution is -0.122. The maximum absolute atomic E-state index is 12.4. The van der Waals surface area contributed by atoms with Crippen molar-refractivity contribution >= 4 is 40.3 Å². The van der Waals surface area contributed by atoms with Crippen molar-refractivity contribution in [1.29, 1.82) is 0 Å². The molecule has 0 aromatic heterocycles. The summed E-state index contributed by atoms with van der Waals surface area (Å²) in [4.78, 5) is 14.8. The van der Waals surface area contributed by atoms with Gasteiger partial charge in [-0.2, -0.15) is 0 Å². The third kappa shape index (κ3) is 5.08. The fourth-order valence-corrected chi connectivity index (χ4v) is 3.44. The van der Waals surface area contributed by atoms with E-state index < -0.39 is 0 Å². The molecule has 0 unspecified atom stereocenters. The number of hydrogen-bond acceptors (Lipinski definition) is 4. The Hall–Kier alpha value is -1.33. The SMILES string of the molecule is CCCCOc1ccc(/C=C2\SC(=S)N(CC(C)C)C2=O)cc1. The number of amides is 1. The van der Waals surface area contributed by atoms with Crippen molar-refractivity contribution in [1.82, 2.24) is 4.90 Å². The summed E-state index contributed by atoms with van der Waals surface area (Å²) < 4.78 is 6.30. The molecule has 1 heterocycles.